The lowest BCUT2D eigenvalue weighted by atomic mass is 9.98. The van der Waals surface area contributed by atoms with Crippen molar-refractivity contribution in [1.29, 1.82) is 0 Å². The van der Waals surface area contributed by atoms with Crippen molar-refractivity contribution >= 4 is 11.8 Å². The van der Waals surface area contributed by atoms with Gasteiger partial charge in [0, 0.05) is 44.8 Å². The van der Waals surface area contributed by atoms with Gasteiger partial charge in [0.25, 0.3) is 5.91 Å². The second-order valence-electron chi connectivity index (χ2n) is 7.73. The summed E-state index contributed by atoms with van der Waals surface area (Å²) in [5, 5.41) is 0. The molecule has 1 aromatic rings. The smallest absolute Gasteiger partial charge is 0.253 e. The standard InChI is InChI=1S/C21H31N3O2/c1-17-9-13-24(14-10-17)20(25)18(2)22-11-6-12-23(16-15-22)21(26)19-7-4-3-5-8-19/h3-5,7-8,17-18H,6,9-16H2,1-2H3. The van der Waals surface area contributed by atoms with E-state index in [4.69, 9.17) is 0 Å². The van der Waals surface area contributed by atoms with E-state index in [0.717, 1.165) is 63.5 Å². The first-order valence-corrected chi connectivity index (χ1v) is 9.93. The molecule has 0 aromatic heterocycles. The molecule has 142 valence electrons. The number of rotatable bonds is 3. The van der Waals surface area contributed by atoms with Crippen molar-refractivity contribution in [2.24, 2.45) is 5.92 Å². The highest BCUT2D eigenvalue weighted by Gasteiger charge is 2.30. The van der Waals surface area contributed by atoms with E-state index < -0.39 is 0 Å². The number of hydrogen-bond donors (Lipinski definition) is 0. The van der Waals surface area contributed by atoms with Crippen molar-refractivity contribution < 1.29 is 9.59 Å². The summed E-state index contributed by atoms with van der Waals surface area (Å²) in [6.45, 7) is 9.13. The van der Waals surface area contributed by atoms with E-state index in [1.54, 1.807) is 0 Å². The molecule has 2 heterocycles. The third-order valence-electron chi connectivity index (χ3n) is 5.84. The van der Waals surface area contributed by atoms with Crippen molar-refractivity contribution in [2.45, 2.75) is 39.2 Å². The van der Waals surface area contributed by atoms with Gasteiger partial charge in [0.05, 0.1) is 6.04 Å². The number of carbonyl (C=O) groups excluding carboxylic acids is 2. The normalized spacial score (nSPS) is 21.3. The minimum absolute atomic E-state index is 0.0939. The summed E-state index contributed by atoms with van der Waals surface area (Å²) in [7, 11) is 0. The quantitative estimate of drug-likeness (QED) is 0.835. The van der Waals surface area contributed by atoms with Crippen LogP contribution in [0.5, 0.6) is 0 Å². The van der Waals surface area contributed by atoms with Gasteiger partial charge in [-0.2, -0.15) is 0 Å². The van der Waals surface area contributed by atoms with Crippen molar-refractivity contribution in [2.75, 3.05) is 39.3 Å². The Bertz CT molecular complexity index is 611. The number of amides is 2. The van der Waals surface area contributed by atoms with E-state index in [9.17, 15) is 9.59 Å². The SMILES string of the molecule is CC1CCN(C(=O)C(C)N2CCCN(C(=O)c3ccccc3)CC2)CC1. The second kappa shape index (κ2) is 8.67. The van der Waals surface area contributed by atoms with Crippen LogP contribution in [0.3, 0.4) is 0 Å². The lowest BCUT2D eigenvalue weighted by Crippen LogP contribution is -2.50. The Morgan fingerprint density at radius 2 is 1.62 bits per heavy atom. The number of carbonyl (C=O) groups is 2. The number of hydrogen-bond acceptors (Lipinski definition) is 3. The van der Waals surface area contributed by atoms with Gasteiger partial charge in [-0.15, -0.1) is 0 Å². The molecule has 0 radical (unpaired) electrons. The molecule has 0 spiro atoms. The molecule has 2 fully saturated rings. The predicted molar refractivity (Wildman–Crippen MR) is 103 cm³/mol. The molecule has 2 aliphatic heterocycles. The number of benzene rings is 1. The molecular weight excluding hydrogens is 326 g/mol. The number of likely N-dealkylation sites (tertiary alicyclic amines) is 1. The van der Waals surface area contributed by atoms with Crippen molar-refractivity contribution in [3.05, 3.63) is 35.9 Å². The lowest BCUT2D eigenvalue weighted by molar-refractivity contribution is -0.137. The third-order valence-corrected chi connectivity index (χ3v) is 5.84. The van der Waals surface area contributed by atoms with Gasteiger partial charge >= 0.3 is 0 Å². The number of nitrogens with zero attached hydrogens (tertiary/aromatic N) is 3. The van der Waals surface area contributed by atoms with Gasteiger partial charge < -0.3 is 9.80 Å². The molecule has 0 saturated carbocycles. The zero-order valence-corrected chi connectivity index (χ0v) is 16.1. The van der Waals surface area contributed by atoms with E-state index in [-0.39, 0.29) is 17.9 Å². The molecule has 1 unspecified atom stereocenters. The van der Waals surface area contributed by atoms with Crippen LogP contribution in [0.15, 0.2) is 30.3 Å². The molecule has 2 saturated heterocycles. The Labute approximate surface area is 156 Å². The molecule has 1 atom stereocenters. The molecule has 0 bridgehead atoms. The Kier molecular flexibility index (Phi) is 6.30. The molecule has 5 heteroatoms. The van der Waals surface area contributed by atoms with Crippen molar-refractivity contribution in [3.63, 3.8) is 0 Å². The summed E-state index contributed by atoms with van der Waals surface area (Å²) in [5.41, 5.74) is 0.743. The molecule has 2 aliphatic rings. The van der Waals surface area contributed by atoms with Crippen LogP contribution in [-0.2, 0) is 4.79 Å². The predicted octanol–water partition coefficient (Wildman–Crippen LogP) is 2.48. The summed E-state index contributed by atoms with van der Waals surface area (Å²) in [4.78, 5) is 31.7. The van der Waals surface area contributed by atoms with Gasteiger partial charge in [-0.05, 0) is 44.2 Å². The molecule has 0 aliphatic carbocycles. The highest BCUT2D eigenvalue weighted by atomic mass is 16.2. The summed E-state index contributed by atoms with van der Waals surface area (Å²) in [6, 6.07) is 9.36. The average Bonchev–Trinajstić information content (AvgIpc) is 2.94. The van der Waals surface area contributed by atoms with Crippen LogP contribution in [0.25, 0.3) is 0 Å². The van der Waals surface area contributed by atoms with Crippen LogP contribution < -0.4 is 0 Å². The molecule has 1 aromatic carbocycles. The Morgan fingerprint density at radius 3 is 2.31 bits per heavy atom. The van der Waals surface area contributed by atoms with E-state index >= 15 is 0 Å². The fourth-order valence-corrected chi connectivity index (χ4v) is 3.94. The maximum absolute atomic E-state index is 12.9. The van der Waals surface area contributed by atoms with Crippen LogP contribution in [0.1, 0.15) is 43.5 Å². The minimum atomic E-state index is -0.102. The highest BCUT2D eigenvalue weighted by molar-refractivity contribution is 5.94. The Hall–Kier alpha value is -1.88. The Morgan fingerprint density at radius 1 is 0.923 bits per heavy atom. The van der Waals surface area contributed by atoms with Crippen LogP contribution in [-0.4, -0.2) is 71.8 Å². The summed E-state index contributed by atoms with van der Waals surface area (Å²) < 4.78 is 0. The highest BCUT2D eigenvalue weighted by Crippen LogP contribution is 2.18. The average molecular weight is 357 g/mol. The largest absolute Gasteiger partial charge is 0.341 e. The summed E-state index contributed by atoms with van der Waals surface area (Å²) in [6.07, 6.45) is 3.13. The first-order valence-electron chi connectivity index (χ1n) is 9.93. The molecular formula is C21H31N3O2. The molecule has 3 rings (SSSR count). The van der Waals surface area contributed by atoms with Gasteiger partial charge in [0.15, 0.2) is 0 Å². The van der Waals surface area contributed by atoms with Gasteiger partial charge in [-0.1, -0.05) is 25.1 Å². The zero-order valence-electron chi connectivity index (χ0n) is 16.1. The second-order valence-corrected chi connectivity index (χ2v) is 7.73. The van der Waals surface area contributed by atoms with Crippen LogP contribution in [0.2, 0.25) is 0 Å². The van der Waals surface area contributed by atoms with Crippen molar-refractivity contribution in [1.82, 2.24) is 14.7 Å². The third kappa shape index (κ3) is 4.44. The van der Waals surface area contributed by atoms with E-state index in [0.29, 0.717) is 6.54 Å². The van der Waals surface area contributed by atoms with Gasteiger partial charge in [0.1, 0.15) is 0 Å². The van der Waals surface area contributed by atoms with Crippen LogP contribution >= 0.6 is 0 Å². The molecule has 26 heavy (non-hydrogen) atoms. The Balaban J connectivity index is 1.56. The van der Waals surface area contributed by atoms with Crippen LogP contribution in [0, 0.1) is 5.92 Å². The first-order chi connectivity index (χ1) is 12.6. The summed E-state index contributed by atoms with van der Waals surface area (Å²) in [5.74, 6) is 1.07. The van der Waals surface area contributed by atoms with E-state index in [1.165, 1.54) is 0 Å². The number of piperidine rings is 1. The maximum Gasteiger partial charge on any atom is 0.253 e. The monoisotopic (exact) mass is 357 g/mol. The van der Waals surface area contributed by atoms with Gasteiger partial charge in [0.2, 0.25) is 5.91 Å². The zero-order chi connectivity index (χ0) is 18.5. The van der Waals surface area contributed by atoms with Gasteiger partial charge in [-0.3, -0.25) is 14.5 Å². The lowest BCUT2D eigenvalue weighted by Gasteiger charge is -2.35. The van der Waals surface area contributed by atoms with E-state index in [2.05, 4.69) is 11.8 Å². The van der Waals surface area contributed by atoms with Crippen molar-refractivity contribution in [3.8, 4) is 0 Å². The molecule has 0 N–H and O–H groups in total. The van der Waals surface area contributed by atoms with E-state index in [1.807, 2.05) is 47.1 Å². The van der Waals surface area contributed by atoms with Gasteiger partial charge in [-0.25, -0.2) is 0 Å². The fraction of sp³-hybridized carbons (Fsp3) is 0.619. The summed E-state index contributed by atoms with van der Waals surface area (Å²) >= 11 is 0. The fourth-order valence-electron chi connectivity index (χ4n) is 3.94. The molecule has 2 amide bonds. The molecule has 5 nitrogen and oxygen atoms in total. The topological polar surface area (TPSA) is 43.9 Å². The maximum atomic E-state index is 12.9. The first kappa shape index (κ1) is 18.9. The minimum Gasteiger partial charge on any atom is -0.341 e. The van der Waals surface area contributed by atoms with Crippen LogP contribution in [0.4, 0.5) is 0 Å².